The van der Waals surface area contributed by atoms with E-state index in [1.807, 2.05) is 22.7 Å². The molecule has 0 unspecified atom stereocenters. The Morgan fingerprint density at radius 2 is 0.789 bits per heavy atom. The van der Waals surface area contributed by atoms with Crippen LogP contribution in [0.2, 0.25) is 0 Å². The zero-order chi connectivity index (χ0) is 27.0. The first-order valence-corrected chi connectivity index (χ1v) is 17.5. The lowest BCUT2D eigenvalue weighted by molar-refractivity contribution is 0.575. The van der Waals surface area contributed by atoms with Gasteiger partial charge in [0.25, 0.3) is 0 Å². The van der Waals surface area contributed by atoms with Crippen LogP contribution >= 0.6 is 22.7 Å². The van der Waals surface area contributed by atoms with Crippen LogP contribution in [0.5, 0.6) is 0 Å². The SMILES string of the molecule is CCCCCCCCCCc1cc(-c2ccc(C)s2)c(CCCCCCCCCC)cc1-c1ccc(C)s1. The first-order chi connectivity index (χ1) is 18.6. The number of aryl methyl sites for hydroxylation is 4. The predicted molar refractivity (Wildman–Crippen MR) is 175 cm³/mol. The summed E-state index contributed by atoms with van der Waals surface area (Å²) in [5.74, 6) is 0. The van der Waals surface area contributed by atoms with Crippen molar-refractivity contribution in [3.8, 4) is 20.9 Å². The first-order valence-electron chi connectivity index (χ1n) is 15.9. The predicted octanol–water partition coefficient (Wildman–Crippen LogP) is 13.1. The molecule has 0 N–H and O–H groups in total. The molecular weight excluding hydrogens is 497 g/mol. The molecule has 2 heterocycles. The Balaban J connectivity index is 1.72. The Labute approximate surface area is 243 Å². The lowest BCUT2D eigenvalue weighted by Crippen LogP contribution is -1.97. The van der Waals surface area contributed by atoms with Crippen molar-refractivity contribution in [3.63, 3.8) is 0 Å². The van der Waals surface area contributed by atoms with E-state index in [9.17, 15) is 0 Å². The van der Waals surface area contributed by atoms with Gasteiger partial charge in [-0.3, -0.25) is 0 Å². The van der Waals surface area contributed by atoms with E-state index < -0.39 is 0 Å². The molecule has 210 valence electrons. The summed E-state index contributed by atoms with van der Waals surface area (Å²) < 4.78 is 0. The molecule has 0 radical (unpaired) electrons. The van der Waals surface area contributed by atoms with Crippen molar-refractivity contribution in [2.75, 3.05) is 0 Å². The van der Waals surface area contributed by atoms with Crippen LogP contribution in [-0.4, -0.2) is 0 Å². The van der Waals surface area contributed by atoms with Gasteiger partial charge in [-0.1, -0.05) is 104 Å². The maximum atomic E-state index is 2.59. The topological polar surface area (TPSA) is 0 Å². The molecule has 0 aliphatic carbocycles. The van der Waals surface area contributed by atoms with Crippen LogP contribution in [0.1, 0.15) is 137 Å². The van der Waals surface area contributed by atoms with Gasteiger partial charge in [0, 0.05) is 19.5 Å². The lowest BCUT2D eigenvalue weighted by atomic mass is 9.91. The highest BCUT2D eigenvalue weighted by atomic mass is 32.1. The van der Waals surface area contributed by atoms with Gasteiger partial charge in [0.05, 0.1) is 0 Å². The lowest BCUT2D eigenvalue weighted by Gasteiger charge is -2.16. The van der Waals surface area contributed by atoms with E-state index in [0.29, 0.717) is 0 Å². The van der Waals surface area contributed by atoms with Crippen molar-refractivity contribution in [3.05, 3.63) is 57.3 Å². The highest BCUT2D eigenvalue weighted by Crippen LogP contribution is 2.39. The molecule has 0 fully saturated rings. The number of thiophene rings is 2. The van der Waals surface area contributed by atoms with Gasteiger partial charge in [0.1, 0.15) is 0 Å². The number of unbranched alkanes of at least 4 members (excludes halogenated alkanes) is 14. The van der Waals surface area contributed by atoms with Gasteiger partial charge in [-0.2, -0.15) is 0 Å². The molecule has 38 heavy (non-hydrogen) atoms. The van der Waals surface area contributed by atoms with Gasteiger partial charge >= 0.3 is 0 Å². The molecule has 0 nitrogen and oxygen atoms in total. The largest absolute Gasteiger partial charge is 0.141 e. The Kier molecular flexibility index (Phi) is 14.8. The molecule has 3 rings (SSSR count). The molecule has 0 spiro atoms. The van der Waals surface area contributed by atoms with E-state index in [4.69, 9.17) is 0 Å². The molecule has 0 atom stereocenters. The monoisotopic (exact) mass is 550 g/mol. The quantitative estimate of drug-likeness (QED) is 0.123. The normalized spacial score (nSPS) is 11.5. The van der Waals surface area contributed by atoms with Crippen molar-refractivity contribution in [2.45, 2.75) is 143 Å². The number of benzene rings is 1. The van der Waals surface area contributed by atoms with E-state index in [1.165, 1.54) is 146 Å². The summed E-state index contributed by atoms with van der Waals surface area (Å²) in [4.78, 5) is 5.76. The smallest absolute Gasteiger partial charge is 0.0348 e. The summed E-state index contributed by atoms with van der Waals surface area (Å²) in [6.07, 6.45) is 24.5. The molecule has 3 aromatic rings. The van der Waals surface area contributed by atoms with E-state index in [0.717, 1.165) is 0 Å². The summed E-state index contributed by atoms with van der Waals surface area (Å²) in [6.45, 7) is 9.10. The summed E-state index contributed by atoms with van der Waals surface area (Å²) in [7, 11) is 0. The van der Waals surface area contributed by atoms with Gasteiger partial charge in [0.15, 0.2) is 0 Å². The average molecular weight is 551 g/mol. The zero-order valence-corrected chi connectivity index (χ0v) is 26.6. The highest BCUT2D eigenvalue weighted by molar-refractivity contribution is 7.15. The molecule has 0 aliphatic heterocycles. The second-order valence-electron chi connectivity index (χ2n) is 11.4. The van der Waals surface area contributed by atoms with Crippen LogP contribution in [0.3, 0.4) is 0 Å². The fraction of sp³-hybridized carbons (Fsp3) is 0.611. The van der Waals surface area contributed by atoms with E-state index in [1.54, 1.807) is 11.1 Å². The maximum Gasteiger partial charge on any atom is 0.0348 e. The maximum absolute atomic E-state index is 2.59. The van der Waals surface area contributed by atoms with E-state index in [-0.39, 0.29) is 0 Å². The van der Waals surface area contributed by atoms with Crippen LogP contribution in [0, 0.1) is 13.8 Å². The molecule has 2 aromatic heterocycles. The van der Waals surface area contributed by atoms with Crippen LogP contribution in [0.15, 0.2) is 36.4 Å². The standard InChI is InChI=1S/C36H54S2/c1-5-7-9-11-13-15-17-19-21-31-27-34(36-26-24-30(4)38-36)32(22-20-18-16-14-12-10-8-6-2)28-33(31)35-25-23-29(3)37-35/h23-28H,5-22H2,1-4H3. The number of hydrogen-bond donors (Lipinski definition) is 0. The Bertz CT molecular complexity index is 954. The van der Waals surface area contributed by atoms with Crippen molar-refractivity contribution in [1.29, 1.82) is 0 Å². The Morgan fingerprint density at radius 3 is 1.11 bits per heavy atom. The molecule has 2 heteroatoms. The summed E-state index contributed by atoms with van der Waals surface area (Å²) in [5.41, 5.74) is 6.16. The van der Waals surface area contributed by atoms with Crippen molar-refractivity contribution < 1.29 is 0 Å². The molecule has 0 saturated heterocycles. The van der Waals surface area contributed by atoms with Crippen LogP contribution < -0.4 is 0 Å². The van der Waals surface area contributed by atoms with Crippen LogP contribution in [-0.2, 0) is 12.8 Å². The second kappa shape index (κ2) is 18.1. The molecule has 0 amide bonds. The molecule has 0 aliphatic rings. The van der Waals surface area contributed by atoms with Crippen LogP contribution in [0.25, 0.3) is 20.9 Å². The number of hydrogen-bond acceptors (Lipinski definition) is 2. The molecule has 0 bridgehead atoms. The van der Waals surface area contributed by atoms with Gasteiger partial charge in [0.2, 0.25) is 0 Å². The van der Waals surface area contributed by atoms with Crippen molar-refractivity contribution >= 4 is 22.7 Å². The summed E-state index contributed by atoms with van der Waals surface area (Å²) >= 11 is 3.94. The fourth-order valence-electron chi connectivity index (χ4n) is 5.62. The third-order valence-corrected chi connectivity index (χ3v) is 10.0. The third kappa shape index (κ3) is 10.6. The van der Waals surface area contributed by atoms with Crippen LogP contribution in [0.4, 0.5) is 0 Å². The highest BCUT2D eigenvalue weighted by Gasteiger charge is 2.15. The van der Waals surface area contributed by atoms with Gasteiger partial charge in [-0.15, -0.1) is 22.7 Å². The van der Waals surface area contributed by atoms with Gasteiger partial charge < -0.3 is 0 Å². The minimum absolute atomic E-state index is 1.20. The van der Waals surface area contributed by atoms with Crippen molar-refractivity contribution in [1.82, 2.24) is 0 Å². The fourth-order valence-corrected chi connectivity index (χ4v) is 7.46. The second-order valence-corrected chi connectivity index (χ2v) is 14.0. The third-order valence-electron chi connectivity index (χ3n) is 7.94. The number of rotatable bonds is 20. The Morgan fingerprint density at radius 1 is 0.447 bits per heavy atom. The first kappa shape index (κ1) is 31.2. The van der Waals surface area contributed by atoms with Crippen molar-refractivity contribution in [2.24, 2.45) is 0 Å². The van der Waals surface area contributed by atoms with E-state index >= 15 is 0 Å². The molecule has 0 saturated carbocycles. The zero-order valence-electron chi connectivity index (χ0n) is 25.0. The minimum Gasteiger partial charge on any atom is -0.141 e. The summed E-state index contributed by atoms with van der Waals surface area (Å²) in [5, 5.41) is 0. The summed E-state index contributed by atoms with van der Waals surface area (Å²) in [6, 6.07) is 14.5. The molecule has 1 aromatic carbocycles. The minimum atomic E-state index is 1.20. The van der Waals surface area contributed by atoms with E-state index in [2.05, 4.69) is 64.1 Å². The van der Waals surface area contributed by atoms with Gasteiger partial charge in [-0.25, -0.2) is 0 Å². The molecular formula is C36H54S2. The van der Waals surface area contributed by atoms with Gasteiger partial charge in [-0.05, 0) is 98.2 Å². The Hall–Kier alpha value is -1.38. The average Bonchev–Trinajstić information content (AvgIpc) is 3.55.